The Morgan fingerprint density at radius 1 is 0.667 bits per heavy atom. The van der Waals surface area contributed by atoms with Crippen LogP contribution in [0, 0.1) is 41.2 Å². The molecule has 272 valence electrons. The minimum Gasteiger partial charge on any atom is -0.432 e. The fraction of sp³-hybridized carbons (Fsp3) is 0.730. The van der Waals surface area contributed by atoms with Gasteiger partial charge in [0.25, 0.3) is 0 Å². The normalized spacial score (nSPS) is 27.5. The van der Waals surface area contributed by atoms with Crippen LogP contribution in [0.25, 0.3) is 0 Å². The molecule has 0 aromatic heterocycles. The molecule has 1 aromatic carbocycles. The van der Waals surface area contributed by atoms with Gasteiger partial charge in [0.2, 0.25) is 5.75 Å². The molecule has 4 rings (SSSR count). The second-order valence-corrected chi connectivity index (χ2v) is 13.8. The molecule has 0 unspecified atom stereocenters. The van der Waals surface area contributed by atoms with E-state index in [1.165, 1.54) is 51.4 Å². The molecular formula is C37H51F7O4. The number of alkyl halides is 5. The van der Waals surface area contributed by atoms with Gasteiger partial charge in [-0.15, -0.1) is 13.2 Å². The summed E-state index contributed by atoms with van der Waals surface area (Å²) < 4.78 is 114. The Bertz CT molecular complexity index is 1120. The number of unbranched alkanes of at least 4 members (excludes halogenated alkanes) is 6. The summed E-state index contributed by atoms with van der Waals surface area (Å²) in [4.78, 5) is 0. The van der Waals surface area contributed by atoms with Gasteiger partial charge in [0.05, 0.1) is 19.1 Å². The van der Waals surface area contributed by atoms with Crippen molar-refractivity contribution in [3.05, 3.63) is 48.1 Å². The van der Waals surface area contributed by atoms with Crippen LogP contribution in [0.3, 0.4) is 0 Å². The third kappa shape index (κ3) is 12.9. The van der Waals surface area contributed by atoms with Crippen molar-refractivity contribution in [2.75, 3.05) is 13.2 Å². The average Bonchev–Trinajstić information content (AvgIpc) is 3.05. The van der Waals surface area contributed by atoms with Gasteiger partial charge in [-0.05, 0) is 81.6 Å². The summed E-state index contributed by atoms with van der Waals surface area (Å²) >= 11 is 0. The lowest BCUT2D eigenvalue weighted by Crippen LogP contribution is -2.37. The van der Waals surface area contributed by atoms with Gasteiger partial charge in [0.15, 0.2) is 17.9 Å². The Kier molecular flexibility index (Phi) is 15.0. The molecule has 0 spiro atoms. The van der Waals surface area contributed by atoms with E-state index in [9.17, 15) is 30.7 Å². The Labute approximate surface area is 280 Å². The topological polar surface area (TPSA) is 36.9 Å². The molecule has 3 fully saturated rings. The van der Waals surface area contributed by atoms with Crippen molar-refractivity contribution in [3.63, 3.8) is 0 Å². The number of rotatable bonds is 16. The van der Waals surface area contributed by atoms with Crippen molar-refractivity contribution in [2.45, 2.75) is 128 Å². The van der Waals surface area contributed by atoms with E-state index in [1.807, 2.05) is 0 Å². The van der Waals surface area contributed by atoms with Crippen molar-refractivity contribution >= 4 is 0 Å². The van der Waals surface area contributed by atoms with Crippen LogP contribution < -0.4 is 9.47 Å². The largest absolute Gasteiger partial charge is 0.573 e. The van der Waals surface area contributed by atoms with E-state index >= 15 is 0 Å². The number of hydrogen-bond donors (Lipinski definition) is 0. The molecule has 2 saturated carbocycles. The minimum absolute atomic E-state index is 0.144. The molecule has 48 heavy (non-hydrogen) atoms. The molecule has 0 amide bonds. The maximum absolute atomic E-state index is 14.8. The first kappa shape index (κ1) is 38.5. The maximum Gasteiger partial charge on any atom is 0.573 e. The predicted molar refractivity (Wildman–Crippen MR) is 170 cm³/mol. The molecule has 3 aliphatic rings. The summed E-state index contributed by atoms with van der Waals surface area (Å²) in [7, 11) is 0. The summed E-state index contributed by atoms with van der Waals surface area (Å²) in [5.74, 6) is -5.81. The van der Waals surface area contributed by atoms with E-state index in [-0.39, 0.29) is 37.2 Å². The van der Waals surface area contributed by atoms with E-state index in [0.717, 1.165) is 38.9 Å². The third-order valence-electron chi connectivity index (χ3n) is 9.91. The number of allylic oxidation sites excluding steroid dienone is 3. The SMILES string of the molecule is CCCCCCCCCC1COC(/C=C/C2CCC(/C=C/C3CCC(C(F)(F)Oc4cc(F)c(OC(F)(F)F)c(F)c4)CC3)CC2)OC1. The standard InChI is InChI=1S/C37H51F7O4/c1-2-3-4-5-6-7-8-9-29-24-45-34(46-25-29)21-18-27-13-10-26(11-14-27)12-15-28-16-19-30(20-17-28)36(40,41)47-31-22-32(38)35(33(39)23-31)48-37(42,43)44/h12,15,18,21-23,26-30,34H,2-11,13-14,16-17,19-20,24-25H2,1H3/b15-12+,21-18+. The van der Waals surface area contributed by atoms with Gasteiger partial charge < -0.3 is 18.9 Å². The molecule has 4 nitrogen and oxygen atoms in total. The first-order chi connectivity index (χ1) is 22.9. The van der Waals surface area contributed by atoms with E-state index in [0.29, 0.717) is 30.6 Å². The van der Waals surface area contributed by atoms with Gasteiger partial charge in [0.1, 0.15) is 5.75 Å². The van der Waals surface area contributed by atoms with Crippen LogP contribution in [0.5, 0.6) is 11.5 Å². The molecule has 1 saturated heterocycles. The van der Waals surface area contributed by atoms with Gasteiger partial charge in [0, 0.05) is 18.1 Å². The van der Waals surface area contributed by atoms with E-state index in [4.69, 9.17) is 9.47 Å². The first-order valence-corrected chi connectivity index (χ1v) is 17.8. The second kappa shape index (κ2) is 18.6. The molecule has 0 N–H and O–H groups in total. The van der Waals surface area contributed by atoms with Crippen LogP contribution in [0.2, 0.25) is 0 Å². The fourth-order valence-electron chi connectivity index (χ4n) is 7.01. The van der Waals surface area contributed by atoms with Crippen molar-refractivity contribution in [2.24, 2.45) is 29.6 Å². The quantitative estimate of drug-likeness (QED) is 0.0982. The molecule has 1 heterocycles. The van der Waals surface area contributed by atoms with E-state index < -0.39 is 41.5 Å². The molecule has 0 radical (unpaired) electrons. The van der Waals surface area contributed by atoms with Crippen LogP contribution in [0.1, 0.15) is 110 Å². The zero-order chi connectivity index (χ0) is 34.6. The number of halogens is 7. The number of benzene rings is 1. The van der Waals surface area contributed by atoms with Crippen molar-refractivity contribution < 1.29 is 49.7 Å². The average molecular weight is 693 g/mol. The third-order valence-corrected chi connectivity index (χ3v) is 9.91. The molecule has 0 bridgehead atoms. The summed E-state index contributed by atoms with van der Waals surface area (Å²) in [6.45, 7) is 3.75. The highest BCUT2D eigenvalue weighted by Crippen LogP contribution is 2.42. The number of hydrogen-bond acceptors (Lipinski definition) is 4. The van der Waals surface area contributed by atoms with Gasteiger partial charge in [-0.1, -0.05) is 70.1 Å². The highest BCUT2D eigenvalue weighted by molar-refractivity contribution is 5.35. The zero-order valence-corrected chi connectivity index (χ0v) is 27.9. The lowest BCUT2D eigenvalue weighted by molar-refractivity contribution is -0.276. The van der Waals surface area contributed by atoms with Crippen molar-refractivity contribution in [1.82, 2.24) is 0 Å². The Hall–Kier alpha value is -2.27. The Morgan fingerprint density at radius 2 is 1.15 bits per heavy atom. The zero-order valence-electron chi connectivity index (χ0n) is 27.9. The first-order valence-electron chi connectivity index (χ1n) is 17.8. The Morgan fingerprint density at radius 3 is 1.67 bits per heavy atom. The molecule has 1 aromatic rings. The summed E-state index contributed by atoms with van der Waals surface area (Å²) in [5, 5.41) is 0. The fourth-order valence-corrected chi connectivity index (χ4v) is 7.01. The maximum atomic E-state index is 14.8. The minimum atomic E-state index is -5.34. The molecule has 0 atom stereocenters. The lowest BCUT2D eigenvalue weighted by atomic mass is 9.78. The van der Waals surface area contributed by atoms with Gasteiger partial charge >= 0.3 is 12.5 Å². The van der Waals surface area contributed by atoms with Crippen molar-refractivity contribution in [3.8, 4) is 11.5 Å². The Balaban J connectivity index is 1.10. The highest BCUT2D eigenvalue weighted by Gasteiger charge is 2.44. The monoisotopic (exact) mass is 692 g/mol. The highest BCUT2D eigenvalue weighted by atomic mass is 19.4. The van der Waals surface area contributed by atoms with Gasteiger partial charge in [-0.3, -0.25) is 0 Å². The lowest BCUT2D eigenvalue weighted by Gasteiger charge is -2.32. The molecule has 1 aliphatic heterocycles. The summed E-state index contributed by atoms with van der Waals surface area (Å²) in [6, 6.07) is 0.531. The van der Waals surface area contributed by atoms with Crippen molar-refractivity contribution in [1.29, 1.82) is 0 Å². The summed E-state index contributed by atoms with van der Waals surface area (Å²) in [5.41, 5.74) is 0. The van der Waals surface area contributed by atoms with Crippen LogP contribution in [0.4, 0.5) is 30.7 Å². The van der Waals surface area contributed by atoms with Gasteiger partial charge in [-0.2, -0.15) is 8.78 Å². The van der Waals surface area contributed by atoms with Crippen LogP contribution >= 0.6 is 0 Å². The second-order valence-electron chi connectivity index (χ2n) is 13.8. The van der Waals surface area contributed by atoms with E-state index in [2.05, 4.69) is 40.7 Å². The molecule has 2 aliphatic carbocycles. The molecular weight excluding hydrogens is 641 g/mol. The van der Waals surface area contributed by atoms with Crippen LogP contribution in [0.15, 0.2) is 36.4 Å². The van der Waals surface area contributed by atoms with Gasteiger partial charge in [-0.25, -0.2) is 8.78 Å². The van der Waals surface area contributed by atoms with Crippen LogP contribution in [-0.4, -0.2) is 32.0 Å². The van der Waals surface area contributed by atoms with Crippen LogP contribution in [-0.2, 0) is 9.47 Å². The predicted octanol–water partition coefficient (Wildman–Crippen LogP) is 11.7. The smallest absolute Gasteiger partial charge is 0.432 e. The number of ether oxygens (including phenoxy) is 4. The van der Waals surface area contributed by atoms with E-state index in [1.54, 1.807) is 0 Å². The summed E-state index contributed by atoms with van der Waals surface area (Å²) in [6.07, 6.45) is 15.2. The molecule has 11 heteroatoms.